The molecule has 0 saturated heterocycles. The Morgan fingerprint density at radius 2 is 2.46 bits per heavy atom. The molecule has 1 N–H and O–H groups in total. The average Bonchev–Trinajstić information content (AvgIpc) is 2.45. The first-order valence-electron chi connectivity index (χ1n) is 4.51. The second-order valence-electron chi connectivity index (χ2n) is 3.26. The van der Waals surface area contributed by atoms with Gasteiger partial charge in [0.05, 0.1) is 6.20 Å². The number of aryl methyl sites for hydroxylation is 1. The third-order valence-corrected chi connectivity index (χ3v) is 1.93. The average molecular weight is 202 g/mol. The molecule has 0 fully saturated rings. The van der Waals surface area contributed by atoms with Crippen LogP contribution in [-0.2, 0) is 13.5 Å². The SMILES string of the molecule is CC(Cl)CNCCc1cnn(C)c1. The van der Waals surface area contributed by atoms with E-state index in [0.29, 0.717) is 0 Å². The van der Waals surface area contributed by atoms with Crippen molar-refractivity contribution in [1.29, 1.82) is 0 Å². The number of hydrogen-bond donors (Lipinski definition) is 1. The van der Waals surface area contributed by atoms with Crippen LogP contribution in [0.5, 0.6) is 0 Å². The molecule has 1 unspecified atom stereocenters. The van der Waals surface area contributed by atoms with Crippen LogP contribution in [0.15, 0.2) is 12.4 Å². The molecule has 0 saturated carbocycles. The predicted molar refractivity (Wildman–Crippen MR) is 55.1 cm³/mol. The van der Waals surface area contributed by atoms with Crippen LogP contribution in [0.2, 0.25) is 0 Å². The zero-order valence-corrected chi connectivity index (χ0v) is 8.88. The number of rotatable bonds is 5. The number of nitrogens with zero attached hydrogens (tertiary/aromatic N) is 2. The van der Waals surface area contributed by atoms with Crippen molar-refractivity contribution in [3.8, 4) is 0 Å². The van der Waals surface area contributed by atoms with Crippen LogP contribution < -0.4 is 5.32 Å². The fourth-order valence-corrected chi connectivity index (χ4v) is 1.24. The summed E-state index contributed by atoms with van der Waals surface area (Å²) in [4.78, 5) is 0. The van der Waals surface area contributed by atoms with Crippen molar-refractivity contribution < 1.29 is 0 Å². The topological polar surface area (TPSA) is 29.9 Å². The zero-order valence-electron chi connectivity index (χ0n) is 8.13. The van der Waals surface area contributed by atoms with E-state index in [9.17, 15) is 0 Å². The Morgan fingerprint density at radius 3 is 3.00 bits per heavy atom. The van der Waals surface area contributed by atoms with E-state index in [0.717, 1.165) is 19.5 Å². The molecule has 0 aliphatic rings. The van der Waals surface area contributed by atoms with Gasteiger partial charge < -0.3 is 5.32 Å². The van der Waals surface area contributed by atoms with Crippen LogP contribution in [0.4, 0.5) is 0 Å². The maximum atomic E-state index is 5.78. The molecule has 13 heavy (non-hydrogen) atoms. The first kappa shape index (κ1) is 10.5. The summed E-state index contributed by atoms with van der Waals surface area (Å²) in [6.07, 6.45) is 4.94. The maximum Gasteiger partial charge on any atom is 0.0522 e. The largest absolute Gasteiger partial charge is 0.315 e. The molecule has 0 amide bonds. The van der Waals surface area contributed by atoms with Crippen LogP contribution in [0.25, 0.3) is 0 Å². The van der Waals surface area contributed by atoms with Crippen molar-refractivity contribution in [2.45, 2.75) is 18.7 Å². The van der Waals surface area contributed by atoms with Crippen LogP contribution in [-0.4, -0.2) is 28.2 Å². The van der Waals surface area contributed by atoms with Crippen molar-refractivity contribution in [3.05, 3.63) is 18.0 Å². The van der Waals surface area contributed by atoms with Gasteiger partial charge in [-0.2, -0.15) is 5.10 Å². The summed E-state index contributed by atoms with van der Waals surface area (Å²) in [5.41, 5.74) is 1.26. The highest BCUT2D eigenvalue weighted by Crippen LogP contribution is 1.96. The Kier molecular flexibility index (Phi) is 4.25. The smallest absolute Gasteiger partial charge is 0.0522 e. The second-order valence-corrected chi connectivity index (χ2v) is 4.00. The van der Waals surface area contributed by atoms with Gasteiger partial charge in [0.25, 0.3) is 0 Å². The summed E-state index contributed by atoms with van der Waals surface area (Å²) in [6, 6.07) is 0. The molecule has 3 nitrogen and oxygen atoms in total. The monoisotopic (exact) mass is 201 g/mol. The van der Waals surface area contributed by atoms with E-state index in [4.69, 9.17) is 11.6 Å². The van der Waals surface area contributed by atoms with Crippen molar-refractivity contribution in [3.63, 3.8) is 0 Å². The van der Waals surface area contributed by atoms with Crippen molar-refractivity contribution in [1.82, 2.24) is 15.1 Å². The van der Waals surface area contributed by atoms with E-state index in [1.165, 1.54) is 5.56 Å². The molecule has 74 valence electrons. The van der Waals surface area contributed by atoms with Crippen molar-refractivity contribution in [2.75, 3.05) is 13.1 Å². The van der Waals surface area contributed by atoms with Crippen molar-refractivity contribution >= 4 is 11.6 Å². The highest BCUT2D eigenvalue weighted by molar-refractivity contribution is 6.20. The molecule has 1 rings (SSSR count). The van der Waals surface area contributed by atoms with E-state index in [-0.39, 0.29) is 5.38 Å². The highest BCUT2D eigenvalue weighted by atomic mass is 35.5. The molecule has 1 atom stereocenters. The normalized spacial score (nSPS) is 13.2. The Balaban J connectivity index is 2.13. The van der Waals surface area contributed by atoms with Crippen LogP contribution in [0, 0.1) is 0 Å². The van der Waals surface area contributed by atoms with Gasteiger partial charge in [0.15, 0.2) is 0 Å². The van der Waals surface area contributed by atoms with Gasteiger partial charge in [0, 0.05) is 25.2 Å². The summed E-state index contributed by atoms with van der Waals surface area (Å²) in [7, 11) is 1.93. The third kappa shape index (κ3) is 4.29. The lowest BCUT2D eigenvalue weighted by Gasteiger charge is -2.04. The van der Waals surface area contributed by atoms with E-state index >= 15 is 0 Å². The molecule has 4 heteroatoms. The van der Waals surface area contributed by atoms with Gasteiger partial charge >= 0.3 is 0 Å². The van der Waals surface area contributed by atoms with Gasteiger partial charge in [-0.3, -0.25) is 4.68 Å². The lowest BCUT2D eigenvalue weighted by molar-refractivity contribution is 0.675. The molecule has 0 radical (unpaired) electrons. The van der Waals surface area contributed by atoms with E-state index in [2.05, 4.69) is 10.4 Å². The molecule has 0 aromatic carbocycles. The standard InChI is InChI=1S/C9H16ClN3/c1-8(10)5-11-4-3-9-6-12-13(2)7-9/h6-8,11H,3-5H2,1-2H3. The first-order chi connectivity index (χ1) is 6.18. The number of alkyl halides is 1. The van der Waals surface area contributed by atoms with Crippen LogP contribution >= 0.6 is 11.6 Å². The number of nitrogens with one attached hydrogen (secondary N) is 1. The molecule has 1 aromatic heterocycles. The number of halogens is 1. The number of hydrogen-bond acceptors (Lipinski definition) is 2. The molecule has 0 spiro atoms. The first-order valence-corrected chi connectivity index (χ1v) is 4.94. The third-order valence-electron chi connectivity index (χ3n) is 1.77. The summed E-state index contributed by atoms with van der Waals surface area (Å²) in [5, 5.41) is 7.57. The summed E-state index contributed by atoms with van der Waals surface area (Å²) >= 11 is 5.78. The van der Waals surface area contributed by atoms with E-state index < -0.39 is 0 Å². The van der Waals surface area contributed by atoms with Crippen molar-refractivity contribution in [2.24, 2.45) is 7.05 Å². The molecule has 1 heterocycles. The van der Waals surface area contributed by atoms with E-state index in [1.807, 2.05) is 31.0 Å². The zero-order chi connectivity index (χ0) is 9.68. The minimum Gasteiger partial charge on any atom is -0.315 e. The van der Waals surface area contributed by atoms with Gasteiger partial charge in [-0.05, 0) is 25.5 Å². The Labute approximate surface area is 84.1 Å². The minimum atomic E-state index is 0.203. The molecule has 1 aromatic rings. The van der Waals surface area contributed by atoms with Gasteiger partial charge in [-0.25, -0.2) is 0 Å². The maximum absolute atomic E-state index is 5.78. The fraction of sp³-hybridized carbons (Fsp3) is 0.667. The molecule has 0 aliphatic heterocycles. The lowest BCUT2D eigenvalue weighted by Crippen LogP contribution is -2.23. The molecule has 0 aliphatic carbocycles. The highest BCUT2D eigenvalue weighted by Gasteiger charge is 1.97. The van der Waals surface area contributed by atoms with Gasteiger partial charge in [0.1, 0.15) is 0 Å². The van der Waals surface area contributed by atoms with Crippen LogP contribution in [0.3, 0.4) is 0 Å². The summed E-state index contributed by atoms with van der Waals surface area (Å²) in [5.74, 6) is 0. The Bertz CT molecular complexity index is 245. The quantitative estimate of drug-likeness (QED) is 0.573. The predicted octanol–water partition coefficient (Wildman–Crippen LogP) is 1.18. The minimum absolute atomic E-state index is 0.203. The molecular weight excluding hydrogens is 186 g/mol. The molecular formula is C9H16ClN3. The Morgan fingerprint density at radius 1 is 1.69 bits per heavy atom. The molecule has 0 bridgehead atoms. The summed E-state index contributed by atoms with van der Waals surface area (Å²) < 4.78 is 1.82. The van der Waals surface area contributed by atoms with Gasteiger partial charge in [-0.15, -0.1) is 11.6 Å². The van der Waals surface area contributed by atoms with Gasteiger partial charge in [-0.1, -0.05) is 0 Å². The van der Waals surface area contributed by atoms with Crippen LogP contribution in [0.1, 0.15) is 12.5 Å². The van der Waals surface area contributed by atoms with Gasteiger partial charge in [0.2, 0.25) is 0 Å². The second kappa shape index (κ2) is 5.25. The fourth-order valence-electron chi connectivity index (χ4n) is 1.13. The summed E-state index contributed by atoms with van der Waals surface area (Å²) in [6.45, 7) is 3.81. The van der Waals surface area contributed by atoms with E-state index in [1.54, 1.807) is 0 Å². The Hall–Kier alpha value is -0.540. The lowest BCUT2D eigenvalue weighted by atomic mass is 10.2. The number of aromatic nitrogens is 2.